The minimum Gasteiger partial charge on any atom is -0.491 e. The van der Waals surface area contributed by atoms with E-state index in [4.69, 9.17) is 23.9 Å². The second-order valence-electron chi connectivity index (χ2n) is 12.5. The van der Waals surface area contributed by atoms with Crippen LogP contribution in [0.2, 0.25) is 0 Å². The molecule has 2 aliphatic heterocycles. The number of nitrogens with zero attached hydrogens (tertiary/aromatic N) is 2. The normalized spacial score (nSPS) is 17.8. The number of fused-ring (bicyclic) bond motifs is 1. The zero-order chi connectivity index (χ0) is 36.0. The fourth-order valence-electron chi connectivity index (χ4n) is 6.15. The molecule has 4 heterocycles. The third-order valence-electron chi connectivity index (χ3n) is 8.81. The molecule has 4 aromatic rings. The number of amides is 3. The summed E-state index contributed by atoms with van der Waals surface area (Å²) in [6.45, 7) is 3.51. The summed E-state index contributed by atoms with van der Waals surface area (Å²) in [6.07, 6.45) is 6.76. The number of hydrogen-bond donors (Lipinski definition) is 4. The predicted molar refractivity (Wildman–Crippen MR) is 198 cm³/mol. The van der Waals surface area contributed by atoms with Crippen LogP contribution >= 0.6 is 11.8 Å². The van der Waals surface area contributed by atoms with Gasteiger partial charge in [-0.3, -0.25) is 9.78 Å². The molecule has 52 heavy (non-hydrogen) atoms. The van der Waals surface area contributed by atoms with E-state index >= 15 is 0 Å². The molecule has 2 aliphatic rings. The molecule has 0 spiro atoms. The number of rotatable bonds is 21. The molecule has 0 radical (unpaired) electrons. The lowest BCUT2D eigenvalue weighted by Gasteiger charge is -2.16. The van der Waals surface area contributed by atoms with Crippen molar-refractivity contribution in [2.75, 3.05) is 58.5 Å². The van der Waals surface area contributed by atoms with E-state index in [0.29, 0.717) is 76.0 Å². The monoisotopic (exact) mass is 732 g/mol. The first-order valence-corrected chi connectivity index (χ1v) is 18.8. The van der Waals surface area contributed by atoms with E-state index in [1.165, 1.54) is 12.1 Å². The molecule has 0 unspecified atom stereocenters. The highest BCUT2D eigenvalue weighted by atomic mass is 32.2. The topological polar surface area (TPSA) is 149 Å². The average molecular weight is 733 g/mol. The largest absolute Gasteiger partial charge is 0.491 e. The number of urea groups is 1. The van der Waals surface area contributed by atoms with Crippen LogP contribution in [0.15, 0.2) is 73.1 Å². The van der Waals surface area contributed by atoms with Gasteiger partial charge in [0, 0.05) is 53.1 Å². The van der Waals surface area contributed by atoms with Gasteiger partial charge in [0.05, 0.1) is 63.1 Å². The molecule has 6 rings (SSSR count). The standard InChI is InChI=1S/C38H45FN6O6S/c39-29-9-5-26(6-10-29)34-35(27-13-15-40-16-14-27)44-37(43-34)28-7-11-30(12-8-28)51-24-23-50-22-21-49-20-19-48-18-17-41-33(46)4-2-1-3-32-36-31(25-52-32)42-38(47)45-36/h5-16,31-32,36H,1-4,17-25H2,(H,41,46)(H,43,44)(H2,42,45,47)/t31-,32-,36-/m0/s1. The van der Waals surface area contributed by atoms with Crippen molar-refractivity contribution in [3.05, 3.63) is 78.9 Å². The maximum Gasteiger partial charge on any atom is 0.315 e. The molecule has 2 saturated heterocycles. The van der Waals surface area contributed by atoms with Crippen LogP contribution in [0.25, 0.3) is 33.9 Å². The van der Waals surface area contributed by atoms with Gasteiger partial charge in [-0.2, -0.15) is 11.8 Å². The van der Waals surface area contributed by atoms with Gasteiger partial charge in [0.15, 0.2) is 0 Å². The molecular formula is C38H45FN6O6S. The molecule has 14 heteroatoms. The van der Waals surface area contributed by atoms with Crippen LogP contribution in [-0.4, -0.2) is 103 Å². The zero-order valence-electron chi connectivity index (χ0n) is 29.0. The second kappa shape index (κ2) is 19.4. The highest BCUT2D eigenvalue weighted by Crippen LogP contribution is 2.34. The summed E-state index contributed by atoms with van der Waals surface area (Å²) < 4.78 is 36.1. The Kier molecular flexibility index (Phi) is 13.9. The fraction of sp³-hybridized carbons (Fsp3) is 0.421. The average Bonchev–Trinajstić information content (AvgIpc) is 3.88. The van der Waals surface area contributed by atoms with E-state index in [1.54, 1.807) is 24.5 Å². The van der Waals surface area contributed by atoms with Crippen LogP contribution in [-0.2, 0) is 19.0 Å². The molecule has 0 aliphatic carbocycles. The molecule has 3 atom stereocenters. The molecule has 2 fully saturated rings. The van der Waals surface area contributed by atoms with Gasteiger partial charge < -0.3 is 39.9 Å². The fourth-order valence-corrected chi connectivity index (χ4v) is 7.69. The van der Waals surface area contributed by atoms with Gasteiger partial charge in [-0.05, 0) is 73.5 Å². The summed E-state index contributed by atoms with van der Waals surface area (Å²) in [6, 6.07) is 18.2. The molecule has 3 amide bonds. The van der Waals surface area contributed by atoms with Gasteiger partial charge in [0.25, 0.3) is 0 Å². The van der Waals surface area contributed by atoms with Gasteiger partial charge in [-0.15, -0.1) is 0 Å². The van der Waals surface area contributed by atoms with Crippen molar-refractivity contribution >= 4 is 23.7 Å². The Morgan fingerprint density at radius 2 is 1.52 bits per heavy atom. The molecule has 0 saturated carbocycles. The Bertz CT molecular complexity index is 1710. The van der Waals surface area contributed by atoms with Crippen molar-refractivity contribution in [1.29, 1.82) is 0 Å². The summed E-state index contributed by atoms with van der Waals surface area (Å²) >= 11 is 1.90. The number of halogens is 1. The Morgan fingerprint density at radius 1 is 0.827 bits per heavy atom. The van der Waals surface area contributed by atoms with Crippen molar-refractivity contribution in [2.24, 2.45) is 0 Å². The number of carbonyl (C=O) groups excluding carboxylic acids is 2. The number of nitrogens with one attached hydrogen (secondary N) is 4. The van der Waals surface area contributed by atoms with Crippen LogP contribution in [0.3, 0.4) is 0 Å². The number of carbonyl (C=O) groups is 2. The van der Waals surface area contributed by atoms with E-state index in [0.717, 1.165) is 53.1 Å². The third-order valence-corrected chi connectivity index (χ3v) is 10.3. The number of aromatic nitrogens is 3. The van der Waals surface area contributed by atoms with Crippen molar-refractivity contribution in [3.63, 3.8) is 0 Å². The quantitative estimate of drug-likeness (QED) is 0.0669. The van der Waals surface area contributed by atoms with Crippen LogP contribution in [0, 0.1) is 5.82 Å². The number of H-pyrrole nitrogens is 1. The molecule has 4 N–H and O–H groups in total. The van der Waals surface area contributed by atoms with Crippen LogP contribution < -0.4 is 20.7 Å². The van der Waals surface area contributed by atoms with E-state index in [2.05, 4.69) is 25.9 Å². The predicted octanol–water partition coefficient (Wildman–Crippen LogP) is 5.22. The van der Waals surface area contributed by atoms with Gasteiger partial charge in [0.1, 0.15) is 24.0 Å². The summed E-state index contributed by atoms with van der Waals surface area (Å²) in [4.78, 5) is 36.0. The number of thioether (sulfide) groups is 1. The first-order chi connectivity index (χ1) is 25.5. The van der Waals surface area contributed by atoms with Crippen LogP contribution in [0.4, 0.5) is 9.18 Å². The van der Waals surface area contributed by atoms with Crippen molar-refractivity contribution in [3.8, 4) is 39.7 Å². The number of aromatic amines is 1. The van der Waals surface area contributed by atoms with Gasteiger partial charge in [-0.25, -0.2) is 14.2 Å². The second-order valence-corrected chi connectivity index (χ2v) is 13.8. The summed E-state index contributed by atoms with van der Waals surface area (Å²) in [7, 11) is 0. The highest BCUT2D eigenvalue weighted by molar-refractivity contribution is 8.00. The lowest BCUT2D eigenvalue weighted by Crippen LogP contribution is -2.36. The van der Waals surface area contributed by atoms with Gasteiger partial charge in [-0.1, -0.05) is 6.42 Å². The molecule has 2 aromatic carbocycles. The third kappa shape index (κ3) is 10.8. The van der Waals surface area contributed by atoms with E-state index in [1.807, 2.05) is 48.2 Å². The maximum absolute atomic E-state index is 13.6. The molecule has 276 valence electrons. The number of benzene rings is 2. The highest BCUT2D eigenvalue weighted by Gasteiger charge is 2.42. The molecule has 2 aromatic heterocycles. The lowest BCUT2D eigenvalue weighted by atomic mass is 10.0. The maximum atomic E-state index is 13.6. The van der Waals surface area contributed by atoms with Crippen molar-refractivity contribution < 1.29 is 32.9 Å². The number of unbranched alkanes of at least 4 members (excludes halogenated alkanes) is 1. The summed E-state index contributed by atoms with van der Waals surface area (Å²) in [5.41, 5.74) is 4.18. The Labute approximate surface area is 307 Å². The van der Waals surface area contributed by atoms with Gasteiger partial charge in [0.2, 0.25) is 5.91 Å². The number of pyridine rings is 1. The van der Waals surface area contributed by atoms with Crippen LogP contribution in [0.5, 0.6) is 5.75 Å². The van der Waals surface area contributed by atoms with Gasteiger partial charge >= 0.3 is 6.03 Å². The minimum absolute atomic E-state index is 0.0358. The smallest absolute Gasteiger partial charge is 0.315 e. The minimum atomic E-state index is -0.298. The summed E-state index contributed by atoms with van der Waals surface area (Å²) in [5, 5.41) is 9.29. The first-order valence-electron chi connectivity index (χ1n) is 17.7. The van der Waals surface area contributed by atoms with E-state index in [9.17, 15) is 14.0 Å². The van der Waals surface area contributed by atoms with E-state index < -0.39 is 0 Å². The zero-order valence-corrected chi connectivity index (χ0v) is 29.8. The lowest BCUT2D eigenvalue weighted by molar-refractivity contribution is -0.121. The molecular weight excluding hydrogens is 688 g/mol. The SMILES string of the molecule is O=C(CCCC[C@@H]1SC[C@@H]2NC(=O)N[C@@H]21)NCCOCCOCCOCCOc1ccc(-c2nc(-c3ccc(F)cc3)c(-c3ccncc3)[nH]2)cc1. The number of imidazole rings is 1. The Balaban J connectivity index is 0.778. The Morgan fingerprint density at radius 3 is 2.27 bits per heavy atom. The number of ether oxygens (including phenoxy) is 4. The van der Waals surface area contributed by atoms with E-state index in [-0.39, 0.29) is 29.8 Å². The molecule has 0 bridgehead atoms. The van der Waals surface area contributed by atoms with Crippen molar-refractivity contribution in [2.45, 2.75) is 43.0 Å². The molecule has 12 nitrogen and oxygen atoms in total. The van der Waals surface area contributed by atoms with Crippen molar-refractivity contribution in [1.82, 2.24) is 30.9 Å². The van der Waals surface area contributed by atoms with Crippen LogP contribution in [0.1, 0.15) is 25.7 Å². The Hall–Kier alpha value is -4.50. The first kappa shape index (κ1) is 37.3. The number of hydrogen-bond acceptors (Lipinski definition) is 9. The summed E-state index contributed by atoms with van der Waals surface area (Å²) in [5.74, 6) is 2.10.